The number of amides is 1. The summed E-state index contributed by atoms with van der Waals surface area (Å²) in [6, 6.07) is 16.4. The van der Waals surface area contributed by atoms with Crippen LogP contribution in [0.1, 0.15) is 29.3 Å². The lowest BCUT2D eigenvalue weighted by Gasteiger charge is -2.17. The van der Waals surface area contributed by atoms with E-state index in [1.165, 1.54) is 0 Å². The average Bonchev–Trinajstić information content (AvgIpc) is 2.47. The van der Waals surface area contributed by atoms with Gasteiger partial charge < -0.3 is 10.4 Å². The number of hydrogen-bond acceptors (Lipinski definition) is 2. The zero-order valence-corrected chi connectivity index (χ0v) is 11.5. The van der Waals surface area contributed by atoms with E-state index in [1.54, 1.807) is 24.3 Å². The molecule has 0 saturated heterocycles. The van der Waals surface area contributed by atoms with Crippen LogP contribution in [0.3, 0.4) is 0 Å². The standard InChI is InChI=1S/C17H19NO2/c1-2-15(11-13-7-6-10-16(19)12-13)18-17(20)14-8-4-3-5-9-14/h3-10,12,15,19H,2,11H2,1H3,(H,18,20). The Bertz CT molecular complexity index is 566. The van der Waals surface area contributed by atoms with E-state index in [2.05, 4.69) is 5.32 Å². The molecule has 0 saturated carbocycles. The molecule has 104 valence electrons. The number of hydrogen-bond donors (Lipinski definition) is 2. The number of phenolic OH excluding ortho intramolecular Hbond substituents is 1. The Kier molecular flexibility index (Phi) is 4.77. The highest BCUT2D eigenvalue weighted by Crippen LogP contribution is 2.14. The number of nitrogens with one attached hydrogen (secondary N) is 1. The molecule has 0 radical (unpaired) electrons. The largest absolute Gasteiger partial charge is 0.508 e. The van der Waals surface area contributed by atoms with Crippen molar-refractivity contribution in [2.45, 2.75) is 25.8 Å². The highest BCUT2D eigenvalue weighted by Gasteiger charge is 2.12. The topological polar surface area (TPSA) is 49.3 Å². The Labute approximate surface area is 119 Å². The van der Waals surface area contributed by atoms with Crippen molar-refractivity contribution in [3.63, 3.8) is 0 Å². The zero-order chi connectivity index (χ0) is 14.4. The van der Waals surface area contributed by atoms with Crippen LogP contribution in [0.5, 0.6) is 5.75 Å². The molecule has 0 aliphatic carbocycles. The molecule has 1 amide bonds. The van der Waals surface area contributed by atoms with Crippen LogP contribution in [0.15, 0.2) is 54.6 Å². The SMILES string of the molecule is CCC(Cc1cccc(O)c1)NC(=O)c1ccccc1. The van der Waals surface area contributed by atoms with Crippen LogP contribution in [-0.4, -0.2) is 17.1 Å². The maximum Gasteiger partial charge on any atom is 0.251 e. The monoisotopic (exact) mass is 269 g/mol. The summed E-state index contributed by atoms with van der Waals surface area (Å²) in [5.74, 6) is 0.198. The van der Waals surface area contributed by atoms with Gasteiger partial charge in [-0.2, -0.15) is 0 Å². The number of phenols is 1. The van der Waals surface area contributed by atoms with Gasteiger partial charge in [0.15, 0.2) is 0 Å². The molecule has 0 spiro atoms. The van der Waals surface area contributed by atoms with Crippen molar-refractivity contribution in [2.24, 2.45) is 0 Å². The summed E-state index contributed by atoms with van der Waals surface area (Å²) in [7, 11) is 0. The number of benzene rings is 2. The van der Waals surface area contributed by atoms with Gasteiger partial charge in [0, 0.05) is 11.6 Å². The molecular formula is C17H19NO2. The van der Waals surface area contributed by atoms with Crippen LogP contribution in [0.25, 0.3) is 0 Å². The lowest BCUT2D eigenvalue weighted by atomic mass is 10.0. The van der Waals surface area contributed by atoms with Crippen LogP contribution < -0.4 is 5.32 Å². The Balaban J connectivity index is 2.01. The molecule has 0 bridgehead atoms. The van der Waals surface area contributed by atoms with Gasteiger partial charge in [-0.1, -0.05) is 37.3 Å². The molecule has 2 aromatic carbocycles. The van der Waals surface area contributed by atoms with Crippen molar-refractivity contribution < 1.29 is 9.90 Å². The molecule has 1 atom stereocenters. The molecule has 3 heteroatoms. The van der Waals surface area contributed by atoms with E-state index in [0.717, 1.165) is 12.0 Å². The van der Waals surface area contributed by atoms with Crippen molar-refractivity contribution in [3.8, 4) is 5.75 Å². The molecular weight excluding hydrogens is 250 g/mol. The van der Waals surface area contributed by atoms with Crippen molar-refractivity contribution in [1.82, 2.24) is 5.32 Å². The first-order valence-electron chi connectivity index (χ1n) is 6.83. The average molecular weight is 269 g/mol. The van der Waals surface area contributed by atoms with Gasteiger partial charge in [0.1, 0.15) is 5.75 Å². The van der Waals surface area contributed by atoms with Gasteiger partial charge in [-0.3, -0.25) is 4.79 Å². The van der Waals surface area contributed by atoms with Gasteiger partial charge in [0.25, 0.3) is 5.91 Å². The van der Waals surface area contributed by atoms with Crippen molar-refractivity contribution >= 4 is 5.91 Å². The summed E-state index contributed by atoms with van der Waals surface area (Å²) >= 11 is 0. The summed E-state index contributed by atoms with van der Waals surface area (Å²) in [5, 5.41) is 12.5. The minimum absolute atomic E-state index is 0.0578. The molecule has 2 rings (SSSR count). The molecule has 0 heterocycles. The van der Waals surface area contributed by atoms with Gasteiger partial charge in [-0.15, -0.1) is 0 Å². The van der Waals surface area contributed by atoms with E-state index in [-0.39, 0.29) is 17.7 Å². The first-order chi connectivity index (χ1) is 9.69. The minimum atomic E-state index is -0.0578. The highest BCUT2D eigenvalue weighted by atomic mass is 16.3. The van der Waals surface area contributed by atoms with Gasteiger partial charge in [-0.25, -0.2) is 0 Å². The number of carbonyl (C=O) groups is 1. The third-order valence-corrected chi connectivity index (χ3v) is 3.26. The van der Waals surface area contributed by atoms with E-state index in [1.807, 2.05) is 37.3 Å². The molecule has 0 aliphatic rings. The highest BCUT2D eigenvalue weighted by molar-refractivity contribution is 5.94. The molecule has 2 aromatic rings. The van der Waals surface area contributed by atoms with Crippen molar-refractivity contribution in [1.29, 1.82) is 0 Å². The van der Waals surface area contributed by atoms with E-state index in [9.17, 15) is 9.90 Å². The molecule has 0 aromatic heterocycles. The Morgan fingerprint density at radius 2 is 1.90 bits per heavy atom. The first-order valence-corrected chi connectivity index (χ1v) is 6.83. The number of carbonyl (C=O) groups excluding carboxylic acids is 1. The van der Waals surface area contributed by atoms with Crippen LogP contribution in [0, 0.1) is 0 Å². The van der Waals surface area contributed by atoms with Crippen LogP contribution in [0.2, 0.25) is 0 Å². The maximum absolute atomic E-state index is 12.1. The van der Waals surface area contributed by atoms with Crippen LogP contribution >= 0.6 is 0 Å². The zero-order valence-electron chi connectivity index (χ0n) is 11.5. The minimum Gasteiger partial charge on any atom is -0.508 e. The second kappa shape index (κ2) is 6.75. The molecule has 2 N–H and O–H groups in total. The van der Waals surface area contributed by atoms with E-state index in [0.29, 0.717) is 12.0 Å². The van der Waals surface area contributed by atoms with E-state index >= 15 is 0 Å². The molecule has 0 fully saturated rings. The summed E-state index contributed by atoms with van der Waals surface area (Å²) in [5.41, 5.74) is 1.69. The third kappa shape index (κ3) is 3.85. The fraction of sp³-hybridized carbons (Fsp3) is 0.235. The van der Waals surface area contributed by atoms with Crippen molar-refractivity contribution in [3.05, 3.63) is 65.7 Å². The van der Waals surface area contributed by atoms with E-state index in [4.69, 9.17) is 0 Å². The summed E-state index contributed by atoms with van der Waals surface area (Å²) < 4.78 is 0. The molecule has 1 unspecified atom stereocenters. The fourth-order valence-electron chi connectivity index (χ4n) is 2.12. The fourth-order valence-corrected chi connectivity index (χ4v) is 2.12. The Hall–Kier alpha value is -2.29. The second-order valence-electron chi connectivity index (χ2n) is 4.82. The summed E-state index contributed by atoms with van der Waals surface area (Å²) in [6.07, 6.45) is 1.55. The lowest BCUT2D eigenvalue weighted by molar-refractivity contribution is 0.0936. The summed E-state index contributed by atoms with van der Waals surface area (Å²) in [4.78, 5) is 12.1. The predicted octanol–water partition coefficient (Wildman–Crippen LogP) is 3.14. The maximum atomic E-state index is 12.1. The lowest BCUT2D eigenvalue weighted by Crippen LogP contribution is -2.35. The molecule has 20 heavy (non-hydrogen) atoms. The number of aromatic hydroxyl groups is 1. The Morgan fingerprint density at radius 1 is 1.15 bits per heavy atom. The smallest absolute Gasteiger partial charge is 0.251 e. The molecule has 3 nitrogen and oxygen atoms in total. The second-order valence-corrected chi connectivity index (χ2v) is 4.82. The normalized spacial score (nSPS) is 11.8. The van der Waals surface area contributed by atoms with Crippen molar-refractivity contribution in [2.75, 3.05) is 0 Å². The van der Waals surface area contributed by atoms with Gasteiger partial charge in [-0.05, 0) is 42.7 Å². The van der Waals surface area contributed by atoms with Crippen LogP contribution in [-0.2, 0) is 6.42 Å². The van der Waals surface area contributed by atoms with Gasteiger partial charge >= 0.3 is 0 Å². The van der Waals surface area contributed by atoms with Gasteiger partial charge in [0.05, 0.1) is 0 Å². The number of rotatable bonds is 5. The first kappa shape index (κ1) is 14.1. The molecule has 0 aliphatic heterocycles. The van der Waals surface area contributed by atoms with Crippen LogP contribution in [0.4, 0.5) is 0 Å². The summed E-state index contributed by atoms with van der Waals surface area (Å²) in [6.45, 7) is 2.04. The van der Waals surface area contributed by atoms with E-state index < -0.39 is 0 Å². The third-order valence-electron chi connectivity index (χ3n) is 3.26. The predicted molar refractivity (Wildman–Crippen MR) is 79.8 cm³/mol. The van der Waals surface area contributed by atoms with Gasteiger partial charge in [0.2, 0.25) is 0 Å². The quantitative estimate of drug-likeness (QED) is 0.876. The Morgan fingerprint density at radius 3 is 2.55 bits per heavy atom.